The highest BCUT2D eigenvalue weighted by molar-refractivity contribution is 5.69. The Kier molecular flexibility index (Phi) is 4.76. The summed E-state index contributed by atoms with van der Waals surface area (Å²) in [6.45, 7) is 9.66. The molecule has 3 heteroatoms. The zero-order valence-electron chi connectivity index (χ0n) is 12.0. The zero-order chi connectivity index (χ0) is 13.8. The molecule has 0 heterocycles. The molecular weight excluding hydrogens is 226 g/mol. The number of ether oxygens (including phenoxy) is 1. The second kappa shape index (κ2) is 5.89. The summed E-state index contributed by atoms with van der Waals surface area (Å²) in [4.78, 5) is 11.5. The van der Waals surface area contributed by atoms with E-state index >= 15 is 0 Å². The first-order valence-corrected chi connectivity index (χ1v) is 6.32. The van der Waals surface area contributed by atoms with Crippen LogP contribution >= 0.6 is 0 Å². The van der Waals surface area contributed by atoms with Crippen molar-refractivity contribution in [3.8, 4) is 0 Å². The number of alkyl carbamates (subject to hydrolysis) is 1. The second-order valence-electron chi connectivity index (χ2n) is 5.61. The predicted octanol–water partition coefficient (Wildman–Crippen LogP) is 4.08. The van der Waals surface area contributed by atoms with Gasteiger partial charge in [-0.2, -0.15) is 0 Å². The zero-order valence-corrected chi connectivity index (χ0v) is 12.0. The van der Waals surface area contributed by atoms with Crippen LogP contribution in [0.15, 0.2) is 35.1 Å². The van der Waals surface area contributed by atoms with Crippen LogP contribution in [0.4, 0.5) is 4.79 Å². The summed E-state index contributed by atoms with van der Waals surface area (Å²) in [6.07, 6.45) is 7.75. The predicted molar refractivity (Wildman–Crippen MR) is 74.2 cm³/mol. The monoisotopic (exact) mass is 249 g/mol. The maximum absolute atomic E-state index is 11.5. The number of hydrogen-bond acceptors (Lipinski definition) is 2. The van der Waals surface area contributed by atoms with Crippen LogP contribution in [0.2, 0.25) is 0 Å². The molecule has 0 unspecified atom stereocenters. The number of rotatable bonds is 2. The molecule has 18 heavy (non-hydrogen) atoms. The minimum atomic E-state index is -0.467. The van der Waals surface area contributed by atoms with Crippen molar-refractivity contribution >= 4 is 6.09 Å². The van der Waals surface area contributed by atoms with E-state index in [0.717, 1.165) is 18.4 Å². The highest BCUT2D eigenvalue weighted by Gasteiger charge is 2.15. The Balaban J connectivity index is 2.63. The fraction of sp³-hybridized carbons (Fsp3) is 0.533. The molecule has 3 nitrogen and oxygen atoms in total. The lowest BCUT2D eigenvalue weighted by Gasteiger charge is -2.19. The molecule has 1 N–H and O–H groups in total. The lowest BCUT2D eigenvalue weighted by Crippen LogP contribution is -2.29. The summed E-state index contributed by atoms with van der Waals surface area (Å²) in [7, 11) is 0. The molecule has 1 aliphatic rings. The number of hydrogen-bond donors (Lipinski definition) is 1. The molecule has 1 amide bonds. The van der Waals surface area contributed by atoms with Gasteiger partial charge in [-0.3, -0.25) is 5.32 Å². The van der Waals surface area contributed by atoms with Crippen LogP contribution in [0.3, 0.4) is 0 Å². The van der Waals surface area contributed by atoms with Crippen molar-refractivity contribution in [2.24, 2.45) is 0 Å². The third-order valence-corrected chi connectivity index (χ3v) is 2.66. The van der Waals surface area contributed by atoms with Crippen molar-refractivity contribution in [1.29, 1.82) is 0 Å². The smallest absolute Gasteiger partial charge is 0.411 e. The van der Waals surface area contributed by atoms with Gasteiger partial charge in [0.1, 0.15) is 5.60 Å². The van der Waals surface area contributed by atoms with Gasteiger partial charge in [-0.05, 0) is 58.6 Å². The summed E-state index contributed by atoms with van der Waals surface area (Å²) >= 11 is 0. The Morgan fingerprint density at radius 2 is 2.11 bits per heavy atom. The molecular formula is C15H23NO2. The van der Waals surface area contributed by atoms with Crippen LogP contribution in [0.5, 0.6) is 0 Å². The molecule has 0 spiro atoms. The molecule has 100 valence electrons. The summed E-state index contributed by atoms with van der Waals surface area (Å²) in [5.74, 6) is 0. The van der Waals surface area contributed by atoms with Gasteiger partial charge in [0.25, 0.3) is 0 Å². The molecule has 0 aromatic rings. The van der Waals surface area contributed by atoms with E-state index < -0.39 is 11.7 Å². The molecule has 0 aliphatic heterocycles. The van der Waals surface area contributed by atoms with Gasteiger partial charge in [0.15, 0.2) is 0 Å². The van der Waals surface area contributed by atoms with Gasteiger partial charge >= 0.3 is 6.09 Å². The fourth-order valence-electron chi connectivity index (χ4n) is 1.80. The number of nitrogens with one attached hydrogen (secondary N) is 1. The standard InChI is InChI=1S/C15H23NO2/c1-11-8-6-7-9-13(11)12(2)10-16-14(17)18-15(3,4)5/h7,9-10H,6,8H2,1-5H3,(H,16,17)/b12-10-. The maximum atomic E-state index is 11.5. The van der Waals surface area contributed by atoms with Gasteiger partial charge in [-0.15, -0.1) is 0 Å². The molecule has 0 saturated heterocycles. The Labute approximate surface area is 110 Å². The summed E-state index contributed by atoms with van der Waals surface area (Å²) in [5, 5.41) is 2.67. The Bertz CT molecular complexity index is 409. The first-order chi connectivity index (χ1) is 8.29. The summed E-state index contributed by atoms with van der Waals surface area (Å²) < 4.78 is 5.17. The van der Waals surface area contributed by atoms with Crippen molar-refractivity contribution in [3.05, 3.63) is 35.1 Å². The quantitative estimate of drug-likeness (QED) is 0.800. The molecule has 0 fully saturated rings. The third-order valence-electron chi connectivity index (χ3n) is 2.66. The molecule has 0 saturated carbocycles. The maximum Gasteiger partial charge on any atom is 0.411 e. The molecule has 0 radical (unpaired) electrons. The average Bonchev–Trinajstić information content (AvgIpc) is 2.24. The van der Waals surface area contributed by atoms with E-state index in [0.29, 0.717) is 0 Å². The van der Waals surface area contributed by atoms with Gasteiger partial charge < -0.3 is 4.74 Å². The van der Waals surface area contributed by atoms with Crippen LogP contribution in [0.1, 0.15) is 47.5 Å². The summed E-state index contributed by atoms with van der Waals surface area (Å²) in [5.41, 5.74) is 3.15. The molecule has 0 aromatic heterocycles. The highest BCUT2D eigenvalue weighted by atomic mass is 16.6. The van der Waals surface area contributed by atoms with Crippen LogP contribution < -0.4 is 5.32 Å². The van der Waals surface area contributed by atoms with Crippen molar-refractivity contribution in [2.75, 3.05) is 0 Å². The number of carbonyl (C=O) groups excluding carboxylic acids is 1. The molecule has 1 aliphatic carbocycles. The average molecular weight is 249 g/mol. The van der Waals surface area contributed by atoms with Crippen molar-refractivity contribution in [1.82, 2.24) is 5.32 Å². The van der Waals surface area contributed by atoms with E-state index in [2.05, 4.69) is 24.4 Å². The van der Waals surface area contributed by atoms with Gasteiger partial charge in [0.2, 0.25) is 0 Å². The normalized spacial score (nSPS) is 16.8. The van der Waals surface area contributed by atoms with E-state index in [4.69, 9.17) is 4.74 Å². The third kappa shape index (κ3) is 4.78. The molecule has 0 aromatic carbocycles. The van der Waals surface area contributed by atoms with Crippen LogP contribution in [-0.2, 0) is 4.74 Å². The first kappa shape index (κ1) is 14.6. The van der Waals surface area contributed by atoms with Gasteiger partial charge in [-0.1, -0.05) is 17.7 Å². The van der Waals surface area contributed by atoms with Gasteiger partial charge in [-0.25, -0.2) is 4.79 Å². The first-order valence-electron chi connectivity index (χ1n) is 6.32. The van der Waals surface area contributed by atoms with E-state index in [1.807, 2.05) is 27.7 Å². The van der Waals surface area contributed by atoms with E-state index in [1.54, 1.807) is 6.20 Å². The van der Waals surface area contributed by atoms with Crippen molar-refractivity contribution < 1.29 is 9.53 Å². The minimum absolute atomic E-state index is 0.417. The Hall–Kier alpha value is -1.51. The molecule has 0 bridgehead atoms. The molecule has 1 rings (SSSR count). The van der Waals surface area contributed by atoms with Crippen LogP contribution in [-0.4, -0.2) is 11.7 Å². The van der Waals surface area contributed by atoms with E-state index in [9.17, 15) is 4.79 Å². The van der Waals surface area contributed by atoms with Gasteiger partial charge in [0.05, 0.1) is 0 Å². The van der Waals surface area contributed by atoms with Gasteiger partial charge in [0, 0.05) is 6.20 Å². The largest absolute Gasteiger partial charge is 0.444 e. The van der Waals surface area contributed by atoms with Crippen molar-refractivity contribution in [3.63, 3.8) is 0 Å². The minimum Gasteiger partial charge on any atom is -0.444 e. The van der Waals surface area contributed by atoms with E-state index in [-0.39, 0.29) is 0 Å². The topological polar surface area (TPSA) is 38.3 Å². The lowest BCUT2D eigenvalue weighted by molar-refractivity contribution is 0.0552. The van der Waals surface area contributed by atoms with Crippen LogP contribution in [0.25, 0.3) is 0 Å². The number of amides is 1. The Morgan fingerprint density at radius 3 is 2.67 bits per heavy atom. The SMILES string of the molecule is CC1=C(/C(C)=C\NC(=O)OC(C)(C)C)C=CCC1. The summed E-state index contributed by atoms with van der Waals surface area (Å²) in [6, 6.07) is 0. The Morgan fingerprint density at radius 1 is 1.44 bits per heavy atom. The van der Waals surface area contributed by atoms with E-state index in [1.165, 1.54) is 11.1 Å². The number of carbonyl (C=O) groups is 1. The fourth-order valence-corrected chi connectivity index (χ4v) is 1.80. The van der Waals surface area contributed by atoms with Crippen molar-refractivity contribution in [2.45, 2.75) is 53.1 Å². The van der Waals surface area contributed by atoms with Crippen LogP contribution in [0, 0.1) is 0 Å². The second-order valence-corrected chi connectivity index (χ2v) is 5.61. The lowest BCUT2D eigenvalue weighted by atomic mass is 9.94. The molecule has 0 atom stereocenters. The highest BCUT2D eigenvalue weighted by Crippen LogP contribution is 2.23. The number of allylic oxidation sites excluding steroid dienone is 5.